The van der Waals surface area contributed by atoms with Crippen molar-refractivity contribution in [3.63, 3.8) is 0 Å². The first-order chi connectivity index (χ1) is 23.3. The molecule has 1 aliphatic rings. The van der Waals surface area contributed by atoms with E-state index in [1.807, 2.05) is 24.3 Å². The smallest absolute Gasteiger partial charge is 0.386 e. The summed E-state index contributed by atoms with van der Waals surface area (Å²) in [5.74, 6) is -4.59. The summed E-state index contributed by atoms with van der Waals surface area (Å²) in [6, 6.07) is 17.3. The van der Waals surface area contributed by atoms with Crippen LogP contribution >= 0.6 is 0 Å². The molecule has 2 aromatic carbocycles. The third-order valence-corrected chi connectivity index (χ3v) is 8.46. The molecule has 2 N–H and O–H groups in total. The van der Waals surface area contributed by atoms with Crippen LogP contribution in [-0.4, -0.2) is 72.7 Å². The molecule has 0 aliphatic carbocycles. The number of nitrogens with zero attached hydrogens (tertiary/aromatic N) is 8. The van der Waals surface area contributed by atoms with Crippen LogP contribution in [-0.2, 0) is 18.1 Å². The van der Waals surface area contributed by atoms with Gasteiger partial charge in [0.2, 0.25) is 0 Å². The fraction of sp³-hybridized carbons (Fsp3) is 0.303. The highest BCUT2D eigenvalue weighted by molar-refractivity contribution is 5.66. The molecule has 1 saturated heterocycles. The average molecular weight is 685 g/mol. The summed E-state index contributed by atoms with van der Waals surface area (Å²) in [5.41, 5.74) is -0.870. The number of hydrogen-bond donors (Lipinski definition) is 2. The molecule has 0 spiro atoms. The van der Waals surface area contributed by atoms with Crippen LogP contribution < -0.4 is 9.80 Å². The second-order valence-corrected chi connectivity index (χ2v) is 11.7. The van der Waals surface area contributed by atoms with Gasteiger partial charge in [-0.2, -0.15) is 22.0 Å². The lowest BCUT2D eigenvalue weighted by Gasteiger charge is -2.37. The van der Waals surface area contributed by atoms with Crippen LogP contribution in [0.15, 0.2) is 91.5 Å². The van der Waals surface area contributed by atoms with Gasteiger partial charge in [0.05, 0.1) is 30.5 Å². The summed E-state index contributed by atoms with van der Waals surface area (Å²) in [5, 5.41) is 31.7. The van der Waals surface area contributed by atoms with Crippen molar-refractivity contribution in [3.8, 4) is 11.1 Å². The summed E-state index contributed by atoms with van der Waals surface area (Å²) in [7, 11) is 0. The van der Waals surface area contributed by atoms with E-state index in [0.717, 1.165) is 58.3 Å². The highest BCUT2D eigenvalue weighted by Gasteiger charge is 2.56. The Bertz CT molecular complexity index is 1820. The Kier molecular flexibility index (Phi) is 9.26. The zero-order valence-electron chi connectivity index (χ0n) is 25.7. The molecular weight excluding hydrogens is 654 g/mol. The van der Waals surface area contributed by atoms with Gasteiger partial charge >= 0.3 is 12.1 Å². The molecule has 0 amide bonds. The maximum Gasteiger partial charge on any atom is 0.391 e. The van der Waals surface area contributed by atoms with Gasteiger partial charge in [0.25, 0.3) is 0 Å². The Labute approximate surface area is 276 Å². The van der Waals surface area contributed by atoms with E-state index in [9.17, 15) is 27.8 Å². The largest absolute Gasteiger partial charge is 0.391 e. The van der Waals surface area contributed by atoms with Crippen molar-refractivity contribution in [2.75, 3.05) is 36.0 Å². The Morgan fingerprint density at radius 2 is 1.37 bits per heavy atom. The predicted octanol–water partition coefficient (Wildman–Crippen LogP) is 5.26. The number of aliphatic hydroxyl groups is 2. The molecule has 10 nitrogen and oxygen atoms in total. The van der Waals surface area contributed by atoms with Crippen LogP contribution in [0.3, 0.4) is 0 Å². The average Bonchev–Trinajstić information content (AvgIpc) is 3.61. The number of halogens is 6. The standard InChI is InChI=1S/C33H30F6N8O2/c34-25-6-4-24(5-7-25)31(49,20-47-21-42-43-44-47)33(38,39)30-12-3-23(18-41-30)22-1-8-26(9-2-22)45-13-15-46(16-14-45)27-10-11-28(40-19-27)29(48)17-32(35,36)37/h1-12,18-19,21,29,48-49H,13-17,20H2/t29?,31-/m0/s1. The fourth-order valence-electron chi connectivity index (χ4n) is 5.74. The molecule has 0 saturated carbocycles. The highest BCUT2D eigenvalue weighted by Crippen LogP contribution is 2.46. The molecule has 0 bridgehead atoms. The number of hydrogen-bond acceptors (Lipinski definition) is 9. The summed E-state index contributed by atoms with van der Waals surface area (Å²) < 4.78 is 84.5. The second-order valence-electron chi connectivity index (χ2n) is 11.7. The molecule has 256 valence electrons. The van der Waals surface area contributed by atoms with Crippen LogP contribution in [0.2, 0.25) is 0 Å². The Morgan fingerprint density at radius 3 is 1.92 bits per heavy atom. The maximum atomic E-state index is 16.1. The van der Waals surface area contributed by atoms with Gasteiger partial charge in [0.1, 0.15) is 23.9 Å². The van der Waals surface area contributed by atoms with Gasteiger partial charge in [-0.15, -0.1) is 5.10 Å². The zero-order valence-corrected chi connectivity index (χ0v) is 25.7. The summed E-state index contributed by atoms with van der Waals surface area (Å²) in [6.45, 7) is 1.85. The van der Waals surface area contributed by atoms with Gasteiger partial charge in [0, 0.05) is 43.6 Å². The Balaban J connectivity index is 1.11. The minimum absolute atomic E-state index is 0.0363. The molecule has 16 heteroatoms. The van der Waals surface area contributed by atoms with Crippen LogP contribution in [0.1, 0.15) is 29.5 Å². The molecule has 1 fully saturated rings. The molecule has 49 heavy (non-hydrogen) atoms. The second kappa shape index (κ2) is 13.4. The minimum Gasteiger partial charge on any atom is -0.386 e. The Hall–Kier alpha value is -5.09. The number of aliphatic hydroxyl groups excluding tert-OH is 1. The normalized spacial score (nSPS) is 16.0. The van der Waals surface area contributed by atoms with E-state index in [2.05, 4.69) is 35.3 Å². The monoisotopic (exact) mass is 684 g/mol. The minimum atomic E-state index is -4.49. The molecule has 5 aromatic rings. The highest BCUT2D eigenvalue weighted by atomic mass is 19.4. The van der Waals surface area contributed by atoms with Gasteiger partial charge < -0.3 is 20.0 Å². The van der Waals surface area contributed by atoms with Gasteiger partial charge in [-0.05, 0) is 64.0 Å². The first-order valence-corrected chi connectivity index (χ1v) is 15.2. The van der Waals surface area contributed by atoms with E-state index < -0.39 is 48.3 Å². The molecule has 0 radical (unpaired) electrons. The maximum absolute atomic E-state index is 16.1. The summed E-state index contributed by atoms with van der Waals surface area (Å²) in [6.07, 6.45) is -3.73. The Morgan fingerprint density at radius 1 is 0.735 bits per heavy atom. The van der Waals surface area contributed by atoms with Gasteiger partial charge in [-0.1, -0.05) is 30.3 Å². The molecular formula is C33H30F6N8O2. The lowest BCUT2D eigenvalue weighted by Crippen LogP contribution is -2.47. The van der Waals surface area contributed by atoms with Crippen molar-refractivity contribution in [2.24, 2.45) is 0 Å². The van der Waals surface area contributed by atoms with Crippen LogP contribution in [0.25, 0.3) is 11.1 Å². The van der Waals surface area contributed by atoms with Crippen molar-refractivity contribution in [2.45, 2.75) is 36.8 Å². The third kappa shape index (κ3) is 7.34. The third-order valence-electron chi connectivity index (χ3n) is 8.46. The molecule has 3 aromatic heterocycles. The molecule has 4 heterocycles. The van der Waals surface area contributed by atoms with Crippen molar-refractivity contribution < 1.29 is 36.6 Å². The van der Waals surface area contributed by atoms with Gasteiger partial charge in [-0.3, -0.25) is 9.97 Å². The number of tetrazole rings is 1. The molecule has 6 rings (SSSR count). The number of rotatable bonds is 10. The SMILES string of the molecule is OC(CC(F)(F)F)c1ccc(N2CCN(c3ccc(-c4ccc(C(F)(F)[C@](O)(Cn5cnnn5)c5ccc(F)cc5)nc4)cc3)CC2)cn1. The topological polar surface area (TPSA) is 116 Å². The first-order valence-electron chi connectivity index (χ1n) is 15.2. The summed E-state index contributed by atoms with van der Waals surface area (Å²) in [4.78, 5) is 12.3. The molecule has 1 unspecified atom stereocenters. The molecule has 1 aliphatic heterocycles. The van der Waals surface area contributed by atoms with E-state index in [1.54, 1.807) is 6.07 Å². The zero-order chi connectivity index (χ0) is 34.8. The number of piperazine rings is 1. The van der Waals surface area contributed by atoms with Crippen molar-refractivity contribution in [3.05, 3.63) is 114 Å². The quantitative estimate of drug-likeness (QED) is 0.190. The number of pyridine rings is 2. The van der Waals surface area contributed by atoms with Gasteiger partial charge in [-0.25, -0.2) is 9.07 Å². The number of aromatic nitrogens is 6. The van der Waals surface area contributed by atoms with E-state index in [1.165, 1.54) is 24.5 Å². The van der Waals surface area contributed by atoms with Crippen LogP contribution in [0.4, 0.5) is 37.7 Å². The summed E-state index contributed by atoms with van der Waals surface area (Å²) >= 11 is 0. The van der Waals surface area contributed by atoms with E-state index >= 15 is 8.78 Å². The van der Waals surface area contributed by atoms with E-state index in [-0.39, 0.29) is 11.3 Å². The van der Waals surface area contributed by atoms with E-state index in [0.29, 0.717) is 31.7 Å². The first kappa shape index (κ1) is 33.8. The van der Waals surface area contributed by atoms with Gasteiger partial charge in [0.15, 0.2) is 5.60 Å². The van der Waals surface area contributed by atoms with Crippen LogP contribution in [0, 0.1) is 5.82 Å². The van der Waals surface area contributed by atoms with Crippen LogP contribution in [0.5, 0.6) is 0 Å². The van der Waals surface area contributed by atoms with Crippen molar-refractivity contribution >= 4 is 11.4 Å². The molecule has 2 atom stereocenters. The van der Waals surface area contributed by atoms with Crippen molar-refractivity contribution in [1.82, 2.24) is 30.2 Å². The number of alkyl halides is 5. The lowest BCUT2D eigenvalue weighted by atomic mass is 9.85. The van der Waals surface area contributed by atoms with E-state index in [4.69, 9.17) is 0 Å². The number of benzene rings is 2. The fourth-order valence-corrected chi connectivity index (χ4v) is 5.74. The lowest BCUT2D eigenvalue weighted by molar-refractivity contribution is -0.206. The predicted molar refractivity (Wildman–Crippen MR) is 166 cm³/mol. The number of anilines is 2. The van der Waals surface area contributed by atoms with Crippen molar-refractivity contribution in [1.29, 1.82) is 0 Å².